The number of thioether (sulfide) groups is 1. The van der Waals surface area contributed by atoms with Crippen molar-refractivity contribution < 1.29 is 5.11 Å². The lowest BCUT2D eigenvalue weighted by Gasteiger charge is -2.25. The third-order valence-corrected chi connectivity index (χ3v) is 3.45. The molecule has 1 atom stereocenters. The van der Waals surface area contributed by atoms with Crippen LogP contribution in [0, 0.1) is 0 Å². The van der Waals surface area contributed by atoms with E-state index in [2.05, 4.69) is 10.3 Å². The topological polar surface area (TPSA) is 45.1 Å². The number of hydrogen-bond acceptors (Lipinski definition) is 4. The molecule has 1 unspecified atom stereocenters. The maximum absolute atomic E-state index is 9.17. The second-order valence-corrected chi connectivity index (χ2v) is 4.42. The molecular formula is C10H16N2OS. The number of nitrogens with one attached hydrogen (secondary N) is 1. The van der Waals surface area contributed by atoms with E-state index in [-0.39, 0.29) is 12.1 Å². The molecule has 0 saturated carbocycles. The summed E-state index contributed by atoms with van der Waals surface area (Å²) >= 11 is 1.64. The highest BCUT2D eigenvalue weighted by molar-refractivity contribution is 7.99. The first-order valence-corrected chi connectivity index (χ1v) is 5.52. The normalized spacial score (nSPS) is 15.1. The van der Waals surface area contributed by atoms with Gasteiger partial charge in [0.05, 0.1) is 11.6 Å². The minimum absolute atomic E-state index is 0.128. The zero-order valence-electron chi connectivity index (χ0n) is 8.53. The van der Waals surface area contributed by atoms with Gasteiger partial charge in [-0.05, 0) is 26.1 Å². The summed E-state index contributed by atoms with van der Waals surface area (Å²) in [4.78, 5) is 4.20. The lowest BCUT2D eigenvalue weighted by Crippen LogP contribution is -2.45. The maximum atomic E-state index is 9.17. The molecule has 78 valence electrons. The number of likely N-dealkylation sites (N-methyl/N-ethyl adjacent to an activating group) is 1. The molecule has 0 aliphatic heterocycles. The Morgan fingerprint density at radius 1 is 1.57 bits per heavy atom. The van der Waals surface area contributed by atoms with Gasteiger partial charge in [-0.3, -0.25) is 0 Å². The second-order valence-electron chi connectivity index (χ2n) is 3.43. The fourth-order valence-electron chi connectivity index (χ4n) is 0.863. The summed E-state index contributed by atoms with van der Waals surface area (Å²) < 4.78 is 0. The van der Waals surface area contributed by atoms with Gasteiger partial charge in [0, 0.05) is 17.5 Å². The first-order chi connectivity index (χ1) is 6.70. The molecule has 1 rings (SSSR count). The number of aromatic nitrogens is 1. The molecule has 0 amide bonds. The van der Waals surface area contributed by atoms with Crippen LogP contribution in [0.5, 0.6) is 0 Å². The van der Waals surface area contributed by atoms with E-state index in [1.54, 1.807) is 18.0 Å². The summed E-state index contributed by atoms with van der Waals surface area (Å²) in [7, 11) is 1.86. The number of pyridine rings is 1. The van der Waals surface area contributed by atoms with Gasteiger partial charge in [-0.25, -0.2) is 4.98 Å². The van der Waals surface area contributed by atoms with Gasteiger partial charge in [0.15, 0.2) is 0 Å². The molecule has 1 aromatic rings. The van der Waals surface area contributed by atoms with Crippen LogP contribution in [0.15, 0.2) is 29.4 Å². The van der Waals surface area contributed by atoms with Gasteiger partial charge in [-0.1, -0.05) is 6.07 Å². The van der Waals surface area contributed by atoms with Crippen molar-refractivity contribution in [2.75, 3.05) is 19.4 Å². The highest BCUT2D eigenvalue weighted by Gasteiger charge is 2.20. The molecule has 14 heavy (non-hydrogen) atoms. The van der Waals surface area contributed by atoms with E-state index in [1.165, 1.54) is 0 Å². The standard InChI is InChI=1S/C10H16N2OS/c1-10(7-13,11-2)8-14-9-5-3-4-6-12-9/h3-6,11,13H,7-8H2,1-2H3. The highest BCUT2D eigenvalue weighted by Crippen LogP contribution is 2.19. The van der Waals surface area contributed by atoms with Crippen molar-refractivity contribution in [2.24, 2.45) is 0 Å². The minimum atomic E-state index is -0.234. The van der Waals surface area contributed by atoms with Crippen molar-refractivity contribution in [1.82, 2.24) is 10.3 Å². The van der Waals surface area contributed by atoms with Gasteiger partial charge in [-0.2, -0.15) is 0 Å². The van der Waals surface area contributed by atoms with Crippen molar-refractivity contribution in [2.45, 2.75) is 17.5 Å². The van der Waals surface area contributed by atoms with Crippen LogP contribution in [-0.2, 0) is 0 Å². The van der Waals surface area contributed by atoms with E-state index in [4.69, 9.17) is 5.11 Å². The number of aliphatic hydroxyl groups excluding tert-OH is 1. The van der Waals surface area contributed by atoms with E-state index >= 15 is 0 Å². The quantitative estimate of drug-likeness (QED) is 0.719. The van der Waals surface area contributed by atoms with Crippen molar-refractivity contribution in [1.29, 1.82) is 0 Å². The molecule has 2 N–H and O–H groups in total. The number of nitrogens with zero attached hydrogens (tertiary/aromatic N) is 1. The van der Waals surface area contributed by atoms with Crippen molar-refractivity contribution in [3.63, 3.8) is 0 Å². The van der Waals surface area contributed by atoms with Crippen LogP contribution in [0.1, 0.15) is 6.92 Å². The Hall–Kier alpha value is -0.580. The van der Waals surface area contributed by atoms with Crippen molar-refractivity contribution in [3.8, 4) is 0 Å². The van der Waals surface area contributed by atoms with Crippen molar-refractivity contribution >= 4 is 11.8 Å². The smallest absolute Gasteiger partial charge is 0.0960 e. The summed E-state index contributed by atoms with van der Waals surface area (Å²) in [5.41, 5.74) is -0.234. The summed E-state index contributed by atoms with van der Waals surface area (Å²) in [6, 6.07) is 5.83. The molecule has 1 heterocycles. The molecular weight excluding hydrogens is 196 g/mol. The molecule has 0 aliphatic rings. The minimum Gasteiger partial charge on any atom is -0.394 e. The molecule has 0 saturated heterocycles. The lowest BCUT2D eigenvalue weighted by molar-refractivity contribution is 0.200. The number of aliphatic hydroxyl groups is 1. The Bertz CT molecular complexity index is 262. The summed E-state index contributed by atoms with van der Waals surface area (Å²) in [6.07, 6.45) is 1.78. The van der Waals surface area contributed by atoms with E-state index in [0.29, 0.717) is 0 Å². The predicted molar refractivity (Wildman–Crippen MR) is 59.5 cm³/mol. The molecule has 3 nitrogen and oxygen atoms in total. The Labute approximate surface area is 88.9 Å². The zero-order valence-corrected chi connectivity index (χ0v) is 9.34. The Balaban J connectivity index is 2.48. The molecule has 1 aromatic heterocycles. The van der Waals surface area contributed by atoms with Crippen LogP contribution >= 0.6 is 11.8 Å². The molecule has 4 heteroatoms. The average Bonchev–Trinajstić information content (AvgIpc) is 2.27. The molecule has 0 aliphatic carbocycles. The van der Waals surface area contributed by atoms with Gasteiger partial charge in [0.25, 0.3) is 0 Å². The monoisotopic (exact) mass is 212 g/mol. The van der Waals surface area contributed by atoms with Gasteiger partial charge < -0.3 is 10.4 Å². The molecule has 0 bridgehead atoms. The van der Waals surface area contributed by atoms with E-state index in [0.717, 1.165) is 10.8 Å². The summed E-state index contributed by atoms with van der Waals surface area (Å²) in [5.74, 6) is 0.803. The molecule has 0 aromatic carbocycles. The van der Waals surface area contributed by atoms with Crippen LogP contribution in [0.2, 0.25) is 0 Å². The van der Waals surface area contributed by atoms with Crippen LogP contribution < -0.4 is 5.32 Å². The van der Waals surface area contributed by atoms with E-state index < -0.39 is 0 Å². The second kappa shape index (κ2) is 5.34. The predicted octanol–water partition coefficient (Wildman–Crippen LogP) is 1.14. The fraction of sp³-hybridized carbons (Fsp3) is 0.500. The van der Waals surface area contributed by atoms with Gasteiger partial charge in [-0.15, -0.1) is 11.8 Å². The fourth-order valence-corrected chi connectivity index (χ4v) is 1.87. The van der Waals surface area contributed by atoms with Crippen LogP contribution in [0.4, 0.5) is 0 Å². The van der Waals surface area contributed by atoms with Crippen LogP contribution in [-0.4, -0.2) is 35.0 Å². The summed E-state index contributed by atoms with van der Waals surface area (Å²) in [5, 5.41) is 13.3. The Morgan fingerprint density at radius 2 is 2.36 bits per heavy atom. The molecule has 0 spiro atoms. The van der Waals surface area contributed by atoms with E-state index in [1.807, 2.05) is 32.2 Å². The third kappa shape index (κ3) is 3.29. The number of hydrogen-bond donors (Lipinski definition) is 2. The average molecular weight is 212 g/mol. The van der Waals surface area contributed by atoms with Gasteiger partial charge >= 0.3 is 0 Å². The maximum Gasteiger partial charge on any atom is 0.0960 e. The van der Waals surface area contributed by atoms with Crippen molar-refractivity contribution in [3.05, 3.63) is 24.4 Å². The van der Waals surface area contributed by atoms with Gasteiger partial charge in [0.1, 0.15) is 0 Å². The molecule has 0 fully saturated rings. The first-order valence-electron chi connectivity index (χ1n) is 4.54. The van der Waals surface area contributed by atoms with Crippen LogP contribution in [0.25, 0.3) is 0 Å². The number of rotatable bonds is 5. The Morgan fingerprint density at radius 3 is 2.86 bits per heavy atom. The largest absolute Gasteiger partial charge is 0.394 e. The van der Waals surface area contributed by atoms with E-state index in [9.17, 15) is 0 Å². The third-order valence-electron chi connectivity index (χ3n) is 2.13. The Kier molecular flexibility index (Phi) is 4.38. The first kappa shape index (κ1) is 11.5. The van der Waals surface area contributed by atoms with Gasteiger partial charge in [0.2, 0.25) is 0 Å². The lowest BCUT2D eigenvalue weighted by atomic mass is 10.1. The molecule has 0 radical (unpaired) electrons. The summed E-state index contributed by atoms with van der Waals surface area (Å²) in [6.45, 7) is 2.12. The highest BCUT2D eigenvalue weighted by atomic mass is 32.2. The zero-order chi connectivity index (χ0) is 10.4. The SMILES string of the molecule is CNC(C)(CO)CSc1ccccn1. The van der Waals surface area contributed by atoms with Crippen LogP contribution in [0.3, 0.4) is 0 Å².